The van der Waals surface area contributed by atoms with Crippen LogP contribution in [0.3, 0.4) is 0 Å². The van der Waals surface area contributed by atoms with Gasteiger partial charge >= 0.3 is 5.69 Å². The minimum absolute atomic E-state index is 0.0123. The summed E-state index contributed by atoms with van der Waals surface area (Å²) in [5, 5.41) is 21.5. The van der Waals surface area contributed by atoms with Gasteiger partial charge in [0, 0.05) is 23.9 Å². The number of amides is 1. The molecule has 3 aliphatic rings. The maximum atomic E-state index is 12.7. The number of hydrogen-bond acceptors (Lipinski definition) is 8. The average molecular weight is 495 g/mol. The van der Waals surface area contributed by atoms with Crippen molar-refractivity contribution in [1.82, 2.24) is 35.2 Å². The number of carbonyl (C=O) groups excluding carboxylic acids is 1. The van der Waals surface area contributed by atoms with Crippen LogP contribution in [0.15, 0.2) is 33.0 Å². The predicted octanol–water partition coefficient (Wildman–Crippen LogP) is -0.00780. The molecule has 6 rings (SSSR count). The Bertz CT molecular complexity index is 1490. The summed E-state index contributed by atoms with van der Waals surface area (Å²) in [5.41, 5.74) is 1.87. The molecule has 0 aromatic carbocycles. The third-order valence-corrected chi connectivity index (χ3v) is 7.73. The van der Waals surface area contributed by atoms with Crippen LogP contribution in [0, 0.1) is 0 Å². The van der Waals surface area contributed by atoms with Crippen molar-refractivity contribution in [2.45, 2.75) is 49.4 Å². The zero-order chi connectivity index (χ0) is 23.9. The fourth-order valence-electron chi connectivity index (χ4n) is 4.40. The van der Waals surface area contributed by atoms with Crippen LogP contribution >= 0.6 is 11.8 Å². The number of nitrogens with zero attached hydrogens (tertiary/aromatic N) is 4. The van der Waals surface area contributed by atoms with Crippen LogP contribution in [0.4, 0.5) is 0 Å². The number of aromatic hydroxyl groups is 1. The normalized spacial score (nSPS) is 23.4. The number of aromatic amines is 2. The summed E-state index contributed by atoms with van der Waals surface area (Å²) in [4.78, 5) is 39.5. The largest absolute Gasteiger partial charge is 0.493 e. The van der Waals surface area contributed by atoms with Crippen LogP contribution in [0.2, 0.25) is 0 Å². The van der Waals surface area contributed by atoms with Gasteiger partial charge < -0.3 is 20.7 Å². The molecular weight excluding hydrogens is 468 g/mol. The molecule has 11 nitrogen and oxygen atoms in total. The second-order valence-electron chi connectivity index (χ2n) is 9.13. The van der Waals surface area contributed by atoms with E-state index in [2.05, 4.69) is 25.7 Å². The Morgan fingerprint density at radius 2 is 2.23 bits per heavy atom. The molecule has 2 unspecified atom stereocenters. The van der Waals surface area contributed by atoms with Crippen LogP contribution in [0.5, 0.6) is 5.88 Å². The van der Waals surface area contributed by atoms with Gasteiger partial charge in [0.25, 0.3) is 5.91 Å². The van der Waals surface area contributed by atoms with E-state index in [1.807, 2.05) is 12.1 Å². The van der Waals surface area contributed by atoms with Gasteiger partial charge in [0.1, 0.15) is 5.69 Å². The summed E-state index contributed by atoms with van der Waals surface area (Å²) in [7, 11) is 0. The zero-order valence-electron chi connectivity index (χ0n) is 19.0. The number of aromatic nitrogens is 5. The fraction of sp³-hybridized carbons (Fsp3) is 0.435. The number of H-pyrrole nitrogens is 2. The third-order valence-electron chi connectivity index (χ3n) is 6.41. The number of hydrogen-bond donors (Lipinski definition) is 5. The lowest BCUT2D eigenvalue weighted by Crippen LogP contribution is -2.37. The minimum atomic E-state index is -0.494. The van der Waals surface area contributed by atoms with Gasteiger partial charge in [-0.05, 0) is 44.7 Å². The van der Waals surface area contributed by atoms with Crippen molar-refractivity contribution < 1.29 is 9.90 Å². The average Bonchev–Trinajstić information content (AvgIpc) is 3.28. The summed E-state index contributed by atoms with van der Waals surface area (Å²) in [5.74, 6) is -0.284. The highest BCUT2D eigenvalue weighted by Crippen LogP contribution is 2.42. The van der Waals surface area contributed by atoms with E-state index in [9.17, 15) is 14.7 Å². The summed E-state index contributed by atoms with van der Waals surface area (Å²) < 4.78 is 1.69. The maximum absolute atomic E-state index is 12.7. The number of rotatable bonds is 6. The SMILES string of the molecule is O=C(NCC1CCCN1)C1=CCC(c2cc(=NC3CC3)n3ncc(=Cc4[nH]c(=O)[nH]c4O)c3n2)S1. The number of allylic oxidation sites excluding steroid dienone is 1. The van der Waals surface area contributed by atoms with Gasteiger partial charge in [0.05, 0.1) is 28.1 Å². The predicted molar refractivity (Wildman–Crippen MR) is 131 cm³/mol. The number of nitrogens with one attached hydrogen (secondary N) is 4. The van der Waals surface area contributed by atoms with Gasteiger partial charge in [-0.15, -0.1) is 11.8 Å². The first-order valence-corrected chi connectivity index (χ1v) is 12.8. The Hall–Kier alpha value is -3.38. The van der Waals surface area contributed by atoms with Crippen molar-refractivity contribution in [3.05, 3.63) is 55.8 Å². The van der Waals surface area contributed by atoms with E-state index in [0.717, 1.165) is 37.9 Å². The van der Waals surface area contributed by atoms with Crippen LogP contribution in [-0.2, 0) is 4.79 Å². The molecule has 1 aliphatic carbocycles. The molecule has 1 saturated heterocycles. The molecule has 12 heteroatoms. The Labute approximate surface area is 203 Å². The molecule has 3 aromatic rings. The van der Waals surface area contributed by atoms with Gasteiger partial charge in [-0.3, -0.25) is 14.8 Å². The first kappa shape index (κ1) is 22.1. The number of imidazole rings is 1. The molecule has 0 radical (unpaired) electrons. The molecule has 2 atom stereocenters. The van der Waals surface area contributed by atoms with E-state index in [-0.39, 0.29) is 28.8 Å². The van der Waals surface area contributed by atoms with Crippen molar-refractivity contribution >= 4 is 29.4 Å². The van der Waals surface area contributed by atoms with Crippen LogP contribution in [0.1, 0.15) is 48.7 Å². The van der Waals surface area contributed by atoms with Gasteiger partial charge in [-0.25, -0.2) is 9.78 Å². The summed E-state index contributed by atoms with van der Waals surface area (Å²) in [6.45, 7) is 1.65. The number of thioether (sulfide) groups is 1. The van der Waals surface area contributed by atoms with Gasteiger partial charge in [0.15, 0.2) is 11.1 Å². The van der Waals surface area contributed by atoms with E-state index < -0.39 is 5.69 Å². The van der Waals surface area contributed by atoms with Crippen molar-refractivity contribution in [2.75, 3.05) is 13.1 Å². The molecular formula is C23H26N8O3S. The number of fused-ring (bicyclic) bond motifs is 1. The van der Waals surface area contributed by atoms with Crippen molar-refractivity contribution in [3.63, 3.8) is 0 Å². The molecule has 1 saturated carbocycles. The lowest BCUT2D eigenvalue weighted by Gasteiger charge is -2.13. The van der Waals surface area contributed by atoms with Crippen LogP contribution in [0.25, 0.3) is 11.7 Å². The summed E-state index contributed by atoms with van der Waals surface area (Å²) >= 11 is 1.52. The fourth-order valence-corrected chi connectivity index (χ4v) is 5.52. The summed E-state index contributed by atoms with van der Waals surface area (Å²) in [6, 6.07) is 2.59. The first-order chi connectivity index (χ1) is 17.0. The van der Waals surface area contributed by atoms with Crippen LogP contribution < -0.4 is 27.0 Å². The minimum Gasteiger partial charge on any atom is -0.493 e. The third kappa shape index (κ3) is 4.63. The molecule has 0 bridgehead atoms. The van der Waals surface area contributed by atoms with E-state index in [1.54, 1.807) is 16.8 Å². The number of carbonyl (C=O) groups is 1. The highest BCUT2D eigenvalue weighted by molar-refractivity contribution is 8.04. The molecule has 182 valence electrons. The Morgan fingerprint density at radius 3 is 2.97 bits per heavy atom. The molecule has 1 amide bonds. The van der Waals surface area contributed by atoms with Gasteiger partial charge in [-0.2, -0.15) is 9.61 Å². The molecule has 3 aromatic heterocycles. The lowest BCUT2D eigenvalue weighted by molar-refractivity contribution is -0.116. The molecule has 0 spiro atoms. The van der Waals surface area contributed by atoms with Crippen molar-refractivity contribution in [1.29, 1.82) is 0 Å². The smallest absolute Gasteiger partial charge is 0.326 e. The molecule has 5 heterocycles. The lowest BCUT2D eigenvalue weighted by atomic mass is 10.2. The molecule has 35 heavy (non-hydrogen) atoms. The van der Waals surface area contributed by atoms with Crippen LogP contribution in [-0.4, -0.2) is 60.8 Å². The summed E-state index contributed by atoms with van der Waals surface area (Å²) in [6.07, 6.45) is 10.3. The van der Waals surface area contributed by atoms with Crippen molar-refractivity contribution in [3.8, 4) is 5.88 Å². The maximum Gasteiger partial charge on any atom is 0.326 e. The topological polar surface area (TPSA) is 153 Å². The van der Waals surface area contributed by atoms with E-state index in [0.29, 0.717) is 40.3 Å². The molecule has 2 aliphatic heterocycles. The van der Waals surface area contributed by atoms with Crippen molar-refractivity contribution in [2.24, 2.45) is 4.99 Å². The molecule has 2 fully saturated rings. The Balaban J connectivity index is 1.30. The van der Waals surface area contributed by atoms with E-state index in [1.165, 1.54) is 11.8 Å². The standard InChI is InChI=1S/C23H26N8O3S/c32-21-16(29-23(34)30-21)8-12-10-26-31-19(27-13-3-4-13)9-15(28-20(12)31)17-5-6-18(35-17)22(33)25-11-14-2-1-7-24-14/h6,8-10,13-14,17,24,32H,1-5,7,11H2,(H,25,33)(H2,29,30,34). The Morgan fingerprint density at radius 1 is 1.34 bits per heavy atom. The quantitative estimate of drug-likeness (QED) is 0.323. The Kier molecular flexibility index (Phi) is 5.69. The highest BCUT2D eigenvalue weighted by Gasteiger charge is 2.27. The zero-order valence-corrected chi connectivity index (χ0v) is 19.8. The molecule has 5 N–H and O–H groups in total. The second-order valence-corrected chi connectivity index (χ2v) is 10.4. The highest BCUT2D eigenvalue weighted by atomic mass is 32.2. The van der Waals surface area contributed by atoms with Gasteiger partial charge in [-0.1, -0.05) is 6.08 Å². The first-order valence-electron chi connectivity index (χ1n) is 11.9. The monoisotopic (exact) mass is 494 g/mol. The van der Waals surface area contributed by atoms with E-state index in [4.69, 9.17) is 9.98 Å². The van der Waals surface area contributed by atoms with E-state index >= 15 is 0 Å². The van der Waals surface area contributed by atoms with Gasteiger partial charge in [0.2, 0.25) is 5.88 Å². The second kappa shape index (κ2) is 9.00.